The third kappa shape index (κ3) is 4.34. The van der Waals surface area contributed by atoms with Crippen LogP contribution in [0.25, 0.3) is 0 Å². The van der Waals surface area contributed by atoms with Gasteiger partial charge in [0.05, 0.1) is 0 Å². The lowest BCUT2D eigenvalue weighted by atomic mass is 9.75. The van der Waals surface area contributed by atoms with E-state index in [0.29, 0.717) is 6.04 Å². The molecule has 2 rings (SSSR count). The normalized spacial score (nSPS) is 24.5. The summed E-state index contributed by atoms with van der Waals surface area (Å²) in [6.07, 6.45) is 9.92. The molecule has 1 aliphatic carbocycles. The molecule has 0 spiro atoms. The molecule has 0 amide bonds. The predicted octanol–water partition coefficient (Wildman–Crippen LogP) is 5.33. The van der Waals surface area contributed by atoms with Crippen LogP contribution in [0.2, 0.25) is 0 Å². The minimum Gasteiger partial charge on any atom is -0.310 e. The summed E-state index contributed by atoms with van der Waals surface area (Å²) in [5.41, 5.74) is 1.46. The van der Waals surface area contributed by atoms with E-state index in [9.17, 15) is 0 Å². The smallest absolute Gasteiger partial charge is 0.0320 e. The van der Waals surface area contributed by atoms with E-state index < -0.39 is 0 Å². The first-order valence-corrected chi connectivity index (χ1v) is 8.63. The van der Waals surface area contributed by atoms with Gasteiger partial charge in [0.15, 0.2) is 0 Å². The largest absolute Gasteiger partial charge is 0.310 e. The Hall–Kier alpha value is -0.820. The second-order valence-electron chi connectivity index (χ2n) is 6.31. The highest BCUT2D eigenvalue weighted by molar-refractivity contribution is 5.18. The van der Waals surface area contributed by atoms with Crippen LogP contribution in [0.15, 0.2) is 30.3 Å². The van der Waals surface area contributed by atoms with E-state index in [-0.39, 0.29) is 0 Å². The maximum absolute atomic E-state index is 3.67. The van der Waals surface area contributed by atoms with E-state index in [0.717, 1.165) is 18.4 Å². The molecule has 0 radical (unpaired) electrons. The Kier molecular flexibility index (Phi) is 6.59. The van der Waals surface area contributed by atoms with E-state index in [1.807, 2.05) is 0 Å². The fraction of sp³-hybridized carbons (Fsp3) is 0.684. The van der Waals surface area contributed by atoms with Crippen molar-refractivity contribution >= 4 is 0 Å². The van der Waals surface area contributed by atoms with Crippen molar-refractivity contribution in [2.24, 2.45) is 11.8 Å². The molecule has 1 saturated carbocycles. The van der Waals surface area contributed by atoms with Gasteiger partial charge in [0.2, 0.25) is 0 Å². The number of hydrogen-bond donors (Lipinski definition) is 1. The Labute approximate surface area is 125 Å². The molecule has 3 atom stereocenters. The number of hydrogen-bond acceptors (Lipinski definition) is 1. The molecule has 112 valence electrons. The maximum Gasteiger partial charge on any atom is 0.0320 e. The lowest BCUT2D eigenvalue weighted by molar-refractivity contribution is 0.208. The zero-order valence-electron chi connectivity index (χ0n) is 13.3. The van der Waals surface area contributed by atoms with Crippen LogP contribution in [0.3, 0.4) is 0 Å². The SMILES string of the molecule is CCNC(CCC1CCCCC1CC)c1ccccc1. The van der Waals surface area contributed by atoms with Crippen molar-refractivity contribution in [2.75, 3.05) is 6.54 Å². The minimum absolute atomic E-state index is 0.542. The summed E-state index contributed by atoms with van der Waals surface area (Å²) in [5.74, 6) is 1.96. The Morgan fingerprint density at radius 3 is 2.40 bits per heavy atom. The predicted molar refractivity (Wildman–Crippen MR) is 87.8 cm³/mol. The topological polar surface area (TPSA) is 12.0 Å². The molecule has 3 unspecified atom stereocenters. The molecule has 0 aromatic heterocycles. The molecule has 1 heteroatoms. The third-order valence-corrected chi connectivity index (χ3v) is 5.07. The summed E-state index contributed by atoms with van der Waals surface area (Å²) in [6, 6.07) is 11.5. The average molecular weight is 273 g/mol. The molecule has 0 bridgehead atoms. The minimum atomic E-state index is 0.542. The van der Waals surface area contributed by atoms with E-state index in [4.69, 9.17) is 0 Å². The van der Waals surface area contributed by atoms with Crippen molar-refractivity contribution in [3.63, 3.8) is 0 Å². The van der Waals surface area contributed by atoms with E-state index >= 15 is 0 Å². The molecule has 1 fully saturated rings. The van der Waals surface area contributed by atoms with Crippen molar-refractivity contribution in [3.8, 4) is 0 Å². The average Bonchev–Trinajstić information content (AvgIpc) is 2.52. The second-order valence-corrected chi connectivity index (χ2v) is 6.31. The highest BCUT2D eigenvalue weighted by Crippen LogP contribution is 2.36. The maximum atomic E-state index is 3.67. The molecule has 1 aliphatic rings. The molecule has 0 aliphatic heterocycles. The summed E-state index contributed by atoms with van der Waals surface area (Å²) in [6.45, 7) is 5.65. The Morgan fingerprint density at radius 1 is 1.05 bits per heavy atom. The van der Waals surface area contributed by atoms with Crippen LogP contribution in [0.5, 0.6) is 0 Å². The van der Waals surface area contributed by atoms with E-state index in [1.165, 1.54) is 50.5 Å². The van der Waals surface area contributed by atoms with Gasteiger partial charge >= 0.3 is 0 Å². The standard InChI is InChI=1S/C19H31N/c1-3-16-10-8-9-11-17(16)14-15-19(20-4-2)18-12-6-5-7-13-18/h5-7,12-13,16-17,19-20H,3-4,8-11,14-15H2,1-2H3. The van der Waals surface area contributed by atoms with Crippen molar-refractivity contribution in [1.82, 2.24) is 5.32 Å². The molecular formula is C19H31N. The highest BCUT2D eigenvalue weighted by atomic mass is 14.9. The Balaban J connectivity index is 1.91. The van der Waals surface area contributed by atoms with Gasteiger partial charge in [-0.3, -0.25) is 0 Å². The van der Waals surface area contributed by atoms with Gasteiger partial charge in [0.1, 0.15) is 0 Å². The van der Waals surface area contributed by atoms with Gasteiger partial charge < -0.3 is 5.32 Å². The van der Waals surface area contributed by atoms with Gasteiger partial charge in [0.25, 0.3) is 0 Å². The molecule has 0 saturated heterocycles. The van der Waals surface area contributed by atoms with E-state index in [2.05, 4.69) is 49.5 Å². The summed E-state index contributed by atoms with van der Waals surface area (Å²) in [7, 11) is 0. The lowest BCUT2D eigenvalue weighted by Gasteiger charge is -2.32. The fourth-order valence-electron chi connectivity index (χ4n) is 3.90. The molecule has 1 aromatic carbocycles. The lowest BCUT2D eigenvalue weighted by Crippen LogP contribution is -2.24. The quantitative estimate of drug-likeness (QED) is 0.707. The second kappa shape index (κ2) is 8.46. The molecule has 0 heterocycles. The van der Waals surface area contributed by atoms with Crippen LogP contribution in [0.1, 0.15) is 70.4 Å². The first-order chi connectivity index (χ1) is 9.85. The summed E-state index contributed by atoms with van der Waals surface area (Å²) < 4.78 is 0. The summed E-state index contributed by atoms with van der Waals surface area (Å²) >= 11 is 0. The zero-order chi connectivity index (χ0) is 14.2. The fourth-order valence-corrected chi connectivity index (χ4v) is 3.90. The third-order valence-electron chi connectivity index (χ3n) is 5.07. The highest BCUT2D eigenvalue weighted by Gasteiger charge is 2.24. The van der Waals surface area contributed by atoms with Gasteiger partial charge in [0, 0.05) is 6.04 Å². The Morgan fingerprint density at radius 2 is 1.75 bits per heavy atom. The molecule has 1 N–H and O–H groups in total. The molecule has 20 heavy (non-hydrogen) atoms. The summed E-state index contributed by atoms with van der Waals surface area (Å²) in [5, 5.41) is 3.67. The van der Waals surface area contributed by atoms with Gasteiger partial charge in [-0.05, 0) is 36.8 Å². The number of nitrogens with one attached hydrogen (secondary N) is 1. The number of rotatable bonds is 7. The van der Waals surface area contributed by atoms with Crippen LogP contribution in [-0.2, 0) is 0 Å². The monoisotopic (exact) mass is 273 g/mol. The Bertz CT molecular complexity index is 359. The van der Waals surface area contributed by atoms with Crippen LogP contribution in [0.4, 0.5) is 0 Å². The van der Waals surface area contributed by atoms with Crippen molar-refractivity contribution < 1.29 is 0 Å². The van der Waals surface area contributed by atoms with Crippen LogP contribution in [-0.4, -0.2) is 6.54 Å². The molecule has 1 aromatic rings. The van der Waals surface area contributed by atoms with Crippen molar-refractivity contribution in [1.29, 1.82) is 0 Å². The number of benzene rings is 1. The van der Waals surface area contributed by atoms with Crippen LogP contribution >= 0.6 is 0 Å². The first kappa shape index (κ1) is 15.6. The summed E-state index contributed by atoms with van der Waals surface area (Å²) in [4.78, 5) is 0. The van der Waals surface area contributed by atoms with Gasteiger partial charge in [-0.1, -0.05) is 76.3 Å². The molecule has 1 nitrogen and oxygen atoms in total. The van der Waals surface area contributed by atoms with Crippen molar-refractivity contribution in [3.05, 3.63) is 35.9 Å². The van der Waals surface area contributed by atoms with Crippen LogP contribution in [0, 0.1) is 11.8 Å². The molecular weight excluding hydrogens is 242 g/mol. The first-order valence-electron chi connectivity index (χ1n) is 8.63. The van der Waals surface area contributed by atoms with Crippen LogP contribution < -0.4 is 5.32 Å². The van der Waals surface area contributed by atoms with E-state index in [1.54, 1.807) is 0 Å². The van der Waals surface area contributed by atoms with Gasteiger partial charge in [-0.25, -0.2) is 0 Å². The zero-order valence-corrected chi connectivity index (χ0v) is 13.3. The van der Waals surface area contributed by atoms with Gasteiger partial charge in [-0.15, -0.1) is 0 Å². The van der Waals surface area contributed by atoms with Gasteiger partial charge in [-0.2, -0.15) is 0 Å². The van der Waals surface area contributed by atoms with Crippen molar-refractivity contribution in [2.45, 2.75) is 64.8 Å².